The summed E-state index contributed by atoms with van der Waals surface area (Å²) in [6.45, 7) is 1.57. The number of halogens is 2. The van der Waals surface area contributed by atoms with Crippen molar-refractivity contribution >= 4 is 56.6 Å². The fraction of sp³-hybridized carbons (Fsp3) is 0.241. The van der Waals surface area contributed by atoms with Crippen LogP contribution in [0.5, 0.6) is 0 Å². The molecule has 0 radical (unpaired) electrons. The number of nitriles is 1. The number of urea groups is 1. The second-order valence-corrected chi connectivity index (χ2v) is 13.0. The number of carbonyl (C=O) groups excluding carboxylic acids is 3. The third kappa shape index (κ3) is 4.95. The SMILES string of the molecule is Cc1ccc(S(=O)(=O)CC(=O)N2CC(c3ccc(C#N)cc3)C3(C2)C(=O)N(c2cc(Cl)cc(Cl)c2)C(=O)N3C)cc1. The number of rotatable bonds is 5. The molecule has 3 aromatic rings. The van der Waals surface area contributed by atoms with Gasteiger partial charge in [0.1, 0.15) is 11.3 Å². The number of nitrogens with zero attached hydrogens (tertiary/aromatic N) is 4. The average molecular weight is 612 g/mol. The Morgan fingerprint density at radius 3 is 2.22 bits per heavy atom. The van der Waals surface area contributed by atoms with Crippen molar-refractivity contribution < 1.29 is 22.8 Å². The first kappa shape index (κ1) is 28.6. The number of imide groups is 1. The highest BCUT2D eigenvalue weighted by Gasteiger charge is 2.65. The van der Waals surface area contributed by atoms with E-state index in [0.29, 0.717) is 11.1 Å². The number of carbonyl (C=O) groups is 3. The lowest BCUT2D eigenvalue weighted by Gasteiger charge is -2.33. The first-order valence-corrected chi connectivity index (χ1v) is 14.9. The lowest BCUT2D eigenvalue weighted by Crippen LogP contribution is -2.54. The Hall–Kier alpha value is -3.91. The van der Waals surface area contributed by atoms with E-state index in [-0.39, 0.29) is 33.7 Å². The molecule has 0 bridgehead atoms. The van der Waals surface area contributed by atoms with Crippen molar-refractivity contribution in [1.29, 1.82) is 5.26 Å². The molecule has 9 nitrogen and oxygen atoms in total. The van der Waals surface area contributed by atoms with Gasteiger partial charge in [-0.15, -0.1) is 0 Å². The second-order valence-electron chi connectivity index (χ2n) is 10.2. The Kier molecular flexibility index (Phi) is 7.32. The average Bonchev–Trinajstić information content (AvgIpc) is 3.41. The summed E-state index contributed by atoms with van der Waals surface area (Å²) in [5.41, 5.74) is 0.505. The third-order valence-corrected chi connectivity index (χ3v) is 9.71. The normalized spacial score (nSPS) is 20.7. The van der Waals surface area contributed by atoms with E-state index in [2.05, 4.69) is 0 Å². The molecule has 0 saturated carbocycles. The van der Waals surface area contributed by atoms with Gasteiger partial charge in [-0.25, -0.2) is 18.1 Å². The van der Waals surface area contributed by atoms with Gasteiger partial charge in [-0.2, -0.15) is 5.26 Å². The van der Waals surface area contributed by atoms with Crippen molar-refractivity contribution in [2.24, 2.45) is 0 Å². The van der Waals surface area contributed by atoms with Gasteiger partial charge < -0.3 is 9.80 Å². The summed E-state index contributed by atoms with van der Waals surface area (Å²) >= 11 is 12.3. The number of likely N-dealkylation sites (N-methyl/N-ethyl adjacent to an activating group) is 1. The molecule has 2 aliphatic heterocycles. The molecule has 0 aromatic heterocycles. The summed E-state index contributed by atoms with van der Waals surface area (Å²) in [4.78, 5) is 44.9. The van der Waals surface area contributed by atoms with Gasteiger partial charge >= 0.3 is 6.03 Å². The summed E-state index contributed by atoms with van der Waals surface area (Å²) in [7, 11) is -2.50. The van der Waals surface area contributed by atoms with Gasteiger partial charge in [-0.3, -0.25) is 9.59 Å². The van der Waals surface area contributed by atoms with E-state index in [1.165, 1.54) is 47.2 Å². The molecule has 2 atom stereocenters. The summed E-state index contributed by atoms with van der Waals surface area (Å²) in [6.07, 6.45) is 0. The smallest absolute Gasteiger partial charge is 0.332 e. The van der Waals surface area contributed by atoms with Crippen LogP contribution in [0.2, 0.25) is 10.0 Å². The molecule has 1 spiro atoms. The fourth-order valence-corrected chi connectivity index (χ4v) is 7.22. The zero-order chi connectivity index (χ0) is 29.7. The highest BCUT2D eigenvalue weighted by Crippen LogP contribution is 2.46. The maximum atomic E-state index is 14.3. The molecule has 4 amide bonds. The van der Waals surface area contributed by atoms with E-state index >= 15 is 0 Å². The van der Waals surface area contributed by atoms with Crippen LogP contribution in [0, 0.1) is 18.3 Å². The van der Waals surface area contributed by atoms with Crippen LogP contribution in [0.15, 0.2) is 71.6 Å². The minimum absolute atomic E-state index is 0.0160. The van der Waals surface area contributed by atoms with Crippen LogP contribution in [0.3, 0.4) is 0 Å². The van der Waals surface area contributed by atoms with Crippen LogP contribution in [0.4, 0.5) is 10.5 Å². The van der Waals surface area contributed by atoms with Gasteiger partial charge in [-0.1, -0.05) is 53.0 Å². The van der Waals surface area contributed by atoms with Crippen molar-refractivity contribution in [2.75, 3.05) is 30.8 Å². The molecular weight excluding hydrogens is 587 g/mol. The van der Waals surface area contributed by atoms with Gasteiger partial charge in [0, 0.05) is 29.6 Å². The molecule has 2 heterocycles. The first-order valence-electron chi connectivity index (χ1n) is 12.5. The van der Waals surface area contributed by atoms with E-state index in [4.69, 9.17) is 23.2 Å². The summed E-state index contributed by atoms with van der Waals surface area (Å²) < 4.78 is 26.2. The number of benzene rings is 3. The molecular formula is C29H24Cl2N4O5S. The Morgan fingerprint density at radius 2 is 1.63 bits per heavy atom. The number of likely N-dealkylation sites (tertiary alicyclic amines) is 1. The maximum Gasteiger partial charge on any atom is 0.332 e. The molecule has 0 N–H and O–H groups in total. The van der Waals surface area contributed by atoms with Crippen molar-refractivity contribution in [3.8, 4) is 6.07 Å². The van der Waals surface area contributed by atoms with Gasteiger partial charge in [-0.05, 0) is 55.0 Å². The minimum Gasteiger partial charge on any atom is -0.338 e. The Labute approximate surface area is 247 Å². The van der Waals surface area contributed by atoms with Gasteiger partial charge in [0.25, 0.3) is 5.91 Å². The molecule has 12 heteroatoms. The Bertz CT molecular complexity index is 1700. The minimum atomic E-state index is -3.97. The lowest BCUT2D eigenvalue weighted by molar-refractivity contribution is -0.128. The zero-order valence-electron chi connectivity index (χ0n) is 22.0. The Balaban J connectivity index is 1.55. The van der Waals surface area contributed by atoms with Crippen molar-refractivity contribution in [1.82, 2.24) is 9.80 Å². The second kappa shape index (κ2) is 10.5. The van der Waals surface area contributed by atoms with E-state index in [1.807, 2.05) is 13.0 Å². The molecule has 41 heavy (non-hydrogen) atoms. The monoisotopic (exact) mass is 610 g/mol. The Morgan fingerprint density at radius 1 is 1.02 bits per heavy atom. The van der Waals surface area contributed by atoms with Crippen LogP contribution in [-0.4, -0.2) is 67.5 Å². The summed E-state index contributed by atoms with van der Waals surface area (Å²) in [5, 5.41) is 9.71. The fourth-order valence-electron chi connectivity index (χ4n) is 5.48. The molecule has 2 aliphatic rings. The predicted molar refractivity (Wildman–Crippen MR) is 154 cm³/mol. The van der Waals surface area contributed by atoms with Gasteiger partial charge in [0.2, 0.25) is 5.91 Å². The number of anilines is 1. The molecule has 2 saturated heterocycles. The number of sulfone groups is 1. The van der Waals surface area contributed by atoms with Crippen molar-refractivity contribution in [3.63, 3.8) is 0 Å². The van der Waals surface area contributed by atoms with Gasteiger partial charge in [0.15, 0.2) is 9.84 Å². The van der Waals surface area contributed by atoms with E-state index in [0.717, 1.165) is 10.5 Å². The summed E-state index contributed by atoms with van der Waals surface area (Å²) in [5.74, 6) is -2.82. The molecule has 2 unspecified atom stereocenters. The predicted octanol–water partition coefficient (Wildman–Crippen LogP) is 4.41. The number of aryl methyl sites for hydroxylation is 1. The topological polar surface area (TPSA) is 119 Å². The lowest BCUT2D eigenvalue weighted by atomic mass is 9.80. The van der Waals surface area contributed by atoms with Gasteiger partial charge in [0.05, 0.1) is 28.8 Å². The van der Waals surface area contributed by atoms with E-state index in [9.17, 15) is 28.1 Å². The van der Waals surface area contributed by atoms with Crippen LogP contribution in [0.1, 0.15) is 22.6 Å². The zero-order valence-corrected chi connectivity index (χ0v) is 24.4. The molecule has 3 aromatic carbocycles. The van der Waals surface area contributed by atoms with Crippen molar-refractivity contribution in [3.05, 3.63) is 93.5 Å². The van der Waals surface area contributed by atoms with Crippen molar-refractivity contribution in [2.45, 2.75) is 23.3 Å². The largest absolute Gasteiger partial charge is 0.338 e. The first-order chi connectivity index (χ1) is 19.4. The van der Waals surface area contributed by atoms with E-state index in [1.54, 1.807) is 36.4 Å². The molecule has 0 aliphatic carbocycles. The third-order valence-electron chi connectivity index (χ3n) is 7.66. The van der Waals surface area contributed by atoms with Crippen LogP contribution < -0.4 is 4.90 Å². The highest BCUT2D eigenvalue weighted by atomic mass is 35.5. The van der Waals surface area contributed by atoms with Crippen LogP contribution >= 0.6 is 23.2 Å². The quantitative estimate of drug-likeness (QED) is 0.395. The van der Waals surface area contributed by atoms with Crippen LogP contribution in [-0.2, 0) is 19.4 Å². The standard InChI is InChI=1S/C29H24Cl2N4O5S/c1-18-3-9-24(10-4-18)41(39,40)16-26(36)34-15-25(20-7-5-19(14-32)6-8-20)29(17-34)27(37)35(28(38)33(29)2)23-12-21(30)11-22(31)13-23/h3-13,25H,15-17H2,1-2H3. The number of hydrogen-bond donors (Lipinski definition) is 0. The molecule has 210 valence electrons. The summed E-state index contributed by atoms with van der Waals surface area (Å²) in [6, 6.07) is 18.5. The number of hydrogen-bond acceptors (Lipinski definition) is 6. The molecule has 5 rings (SSSR count). The van der Waals surface area contributed by atoms with E-state index < -0.39 is 44.9 Å². The highest BCUT2D eigenvalue weighted by molar-refractivity contribution is 7.92. The number of amides is 4. The van der Waals surface area contributed by atoms with Crippen LogP contribution in [0.25, 0.3) is 0 Å². The molecule has 2 fully saturated rings. The maximum absolute atomic E-state index is 14.3.